The molecule has 3 rings (SSSR count). The third-order valence-corrected chi connectivity index (χ3v) is 4.42. The second kappa shape index (κ2) is 7.32. The largest absolute Gasteiger partial charge is 0.369 e. The standard InChI is InChI=1S/C17H23ClN4O/c1-13(2)17-19-16(23-20-17)6-7-21-8-10-22(11-9-21)15-5-3-4-14(18)12-15/h3-5,12-13H,6-11H2,1-2H3. The molecule has 0 saturated carbocycles. The Morgan fingerprint density at radius 2 is 2.00 bits per heavy atom. The average Bonchev–Trinajstić information content (AvgIpc) is 3.03. The predicted molar refractivity (Wildman–Crippen MR) is 92.2 cm³/mol. The molecule has 1 aromatic heterocycles. The maximum Gasteiger partial charge on any atom is 0.227 e. The van der Waals surface area contributed by atoms with Gasteiger partial charge in [0.05, 0.1) is 0 Å². The molecule has 0 atom stereocenters. The summed E-state index contributed by atoms with van der Waals surface area (Å²) in [7, 11) is 0. The zero-order chi connectivity index (χ0) is 16.2. The molecule has 1 saturated heterocycles. The van der Waals surface area contributed by atoms with E-state index in [1.54, 1.807) is 0 Å². The van der Waals surface area contributed by atoms with Gasteiger partial charge in [0.15, 0.2) is 5.82 Å². The van der Waals surface area contributed by atoms with Crippen LogP contribution in [-0.2, 0) is 6.42 Å². The second-order valence-electron chi connectivity index (χ2n) is 6.26. The van der Waals surface area contributed by atoms with Gasteiger partial charge in [0.2, 0.25) is 5.89 Å². The first kappa shape index (κ1) is 16.3. The maximum absolute atomic E-state index is 6.07. The van der Waals surface area contributed by atoms with Crippen LogP contribution in [0.25, 0.3) is 0 Å². The molecule has 2 aromatic rings. The fraction of sp³-hybridized carbons (Fsp3) is 0.529. The van der Waals surface area contributed by atoms with Gasteiger partial charge >= 0.3 is 0 Å². The highest BCUT2D eigenvalue weighted by Gasteiger charge is 2.18. The molecule has 1 fully saturated rings. The van der Waals surface area contributed by atoms with Gasteiger partial charge in [-0.2, -0.15) is 4.98 Å². The number of rotatable bonds is 5. The number of benzene rings is 1. The van der Waals surface area contributed by atoms with Crippen molar-refractivity contribution in [3.63, 3.8) is 0 Å². The molecule has 1 aliphatic rings. The lowest BCUT2D eigenvalue weighted by Gasteiger charge is -2.36. The molecule has 5 nitrogen and oxygen atoms in total. The minimum Gasteiger partial charge on any atom is -0.369 e. The van der Waals surface area contributed by atoms with E-state index in [-0.39, 0.29) is 0 Å². The Bertz CT molecular complexity index is 635. The van der Waals surface area contributed by atoms with Crippen LogP contribution >= 0.6 is 11.6 Å². The number of hydrogen-bond acceptors (Lipinski definition) is 5. The Kier molecular flexibility index (Phi) is 5.18. The first-order valence-electron chi connectivity index (χ1n) is 8.17. The number of piperazine rings is 1. The highest BCUT2D eigenvalue weighted by atomic mass is 35.5. The summed E-state index contributed by atoms with van der Waals surface area (Å²) >= 11 is 6.07. The van der Waals surface area contributed by atoms with E-state index < -0.39 is 0 Å². The smallest absolute Gasteiger partial charge is 0.227 e. The van der Waals surface area contributed by atoms with Crippen molar-refractivity contribution in [2.24, 2.45) is 0 Å². The van der Waals surface area contributed by atoms with Crippen LogP contribution in [0.3, 0.4) is 0 Å². The van der Waals surface area contributed by atoms with Gasteiger partial charge in [-0.1, -0.05) is 36.7 Å². The first-order chi connectivity index (χ1) is 11.1. The molecule has 1 aromatic carbocycles. The summed E-state index contributed by atoms with van der Waals surface area (Å²) in [4.78, 5) is 9.26. The molecule has 23 heavy (non-hydrogen) atoms. The van der Waals surface area contributed by atoms with E-state index >= 15 is 0 Å². The van der Waals surface area contributed by atoms with Gasteiger partial charge in [-0.25, -0.2) is 0 Å². The summed E-state index contributed by atoms with van der Waals surface area (Å²) in [5.74, 6) is 1.85. The summed E-state index contributed by atoms with van der Waals surface area (Å²) in [5, 5.41) is 4.81. The lowest BCUT2D eigenvalue weighted by molar-refractivity contribution is 0.249. The van der Waals surface area contributed by atoms with Crippen LogP contribution in [0.15, 0.2) is 28.8 Å². The van der Waals surface area contributed by atoms with E-state index in [1.165, 1.54) is 5.69 Å². The second-order valence-corrected chi connectivity index (χ2v) is 6.70. The van der Waals surface area contributed by atoms with Gasteiger partial charge in [0.1, 0.15) is 0 Å². The van der Waals surface area contributed by atoms with E-state index in [0.717, 1.165) is 55.9 Å². The van der Waals surface area contributed by atoms with Crippen molar-refractivity contribution < 1.29 is 4.52 Å². The minimum atomic E-state index is 0.314. The van der Waals surface area contributed by atoms with Crippen LogP contribution in [0.1, 0.15) is 31.5 Å². The minimum absolute atomic E-state index is 0.314. The molecule has 0 bridgehead atoms. The third kappa shape index (κ3) is 4.24. The number of hydrogen-bond donors (Lipinski definition) is 0. The monoisotopic (exact) mass is 334 g/mol. The molecule has 0 aliphatic carbocycles. The molecular weight excluding hydrogens is 312 g/mol. The quantitative estimate of drug-likeness (QED) is 0.840. The fourth-order valence-corrected chi connectivity index (χ4v) is 2.94. The van der Waals surface area contributed by atoms with Crippen LogP contribution in [0.2, 0.25) is 5.02 Å². The van der Waals surface area contributed by atoms with Crippen LogP contribution in [-0.4, -0.2) is 47.8 Å². The van der Waals surface area contributed by atoms with E-state index in [9.17, 15) is 0 Å². The van der Waals surface area contributed by atoms with Crippen molar-refractivity contribution in [2.75, 3.05) is 37.6 Å². The molecular formula is C17H23ClN4O. The summed E-state index contributed by atoms with van der Waals surface area (Å²) in [6.45, 7) is 9.22. The molecule has 0 amide bonds. The molecule has 6 heteroatoms. The van der Waals surface area contributed by atoms with Crippen molar-refractivity contribution in [3.8, 4) is 0 Å². The van der Waals surface area contributed by atoms with Gasteiger partial charge in [0, 0.05) is 55.8 Å². The lowest BCUT2D eigenvalue weighted by Crippen LogP contribution is -2.47. The summed E-state index contributed by atoms with van der Waals surface area (Å²) < 4.78 is 5.31. The SMILES string of the molecule is CC(C)c1noc(CCN2CCN(c3cccc(Cl)c3)CC2)n1. The van der Waals surface area contributed by atoms with Gasteiger partial charge < -0.3 is 9.42 Å². The van der Waals surface area contributed by atoms with Crippen molar-refractivity contribution in [2.45, 2.75) is 26.2 Å². The Balaban J connectivity index is 1.47. The molecule has 0 radical (unpaired) electrons. The topological polar surface area (TPSA) is 45.4 Å². The molecule has 0 spiro atoms. The van der Waals surface area contributed by atoms with E-state index in [4.69, 9.17) is 16.1 Å². The van der Waals surface area contributed by atoms with Gasteiger partial charge in [-0.3, -0.25) is 4.90 Å². The highest BCUT2D eigenvalue weighted by molar-refractivity contribution is 6.30. The van der Waals surface area contributed by atoms with Crippen molar-refractivity contribution in [1.82, 2.24) is 15.0 Å². The molecule has 124 valence electrons. The summed E-state index contributed by atoms with van der Waals surface area (Å²) in [6.07, 6.45) is 0.816. The van der Waals surface area contributed by atoms with Crippen LogP contribution in [0.4, 0.5) is 5.69 Å². The Morgan fingerprint density at radius 3 is 2.65 bits per heavy atom. The predicted octanol–water partition coefficient (Wildman–Crippen LogP) is 3.21. The molecule has 0 unspecified atom stereocenters. The van der Waals surface area contributed by atoms with Gasteiger partial charge in [-0.05, 0) is 18.2 Å². The number of anilines is 1. The molecule has 1 aliphatic heterocycles. The van der Waals surface area contributed by atoms with Crippen molar-refractivity contribution in [1.29, 1.82) is 0 Å². The van der Waals surface area contributed by atoms with Crippen molar-refractivity contribution in [3.05, 3.63) is 41.0 Å². The van der Waals surface area contributed by atoms with Crippen LogP contribution < -0.4 is 4.90 Å². The zero-order valence-electron chi connectivity index (χ0n) is 13.7. The Hall–Kier alpha value is -1.59. The Labute approximate surface area is 142 Å². The number of halogens is 1. The first-order valence-corrected chi connectivity index (χ1v) is 8.55. The van der Waals surface area contributed by atoms with E-state index in [2.05, 4.69) is 39.9 Å². The lowest BCUT2D eigenvalue weighted by atomic mass is 10.2. The average molecular weight is 335 g/mol. The fourth-order valence-electron chi connectivity index (χ4n) is 2.76. The zero-order valence-corrected chi connectivity index (χ0v) is 14.5. The normalized spacial score (nSPS) is 16.3. The highest BCUT2D eigenvalue weighted by Crippen LogP contribution is 2.20. The summed E-state index contributed by atoms with van der Waals surface area (Å²) in [5.41, 5.74) is 1.20. The van der Waals surface area contributed by atoms with Crippen LogP contribution in [0.5, 0.6) is 0 Å². The number of nitrogens with zero attached hydrogens (tertiary/aromatic N) is 4. The maximum atomic E-state index is 6.07. The van der Waals surface area contributed by atoms with Gasteiger partial charge in [-0.15, -0.1) is 0 Å². The Morgan fingerprint density at radius 1 is 1.22 bits per heavy atom. The van der Waals surface area contributed by atoms with E-state index in [1.807, 2.05) is 18.2 Å². The third-order valence-electron chi connectivity index (χ3n) is 4.19. The van der Waals surface area contributed by atoms with E-state index in [0.29, 0.717) is 5.92 Å². The number of aromatic nitrogens is 2. The van der Waals surface area contributed by atoms with Gasteiger partial charge in [0.25, 0.3) is 0 Å². The summed E-state index contributed by atoms with van der Waals surface area (Å²) in [6, 6.07) is 8.07. The molecule has 2 heterocycles. The van der Waals surface area contributed by atoms with Crippen LogP contribution in [0, 0.1) is 0 Å². The molecule has 0 N–H and O–H groups in total. The van der Waals surface area contributed by atoms with Crippen molar-refractivity contribution >= 4 is 17.3 Å².